The van der Waals surface area contributed by atoms with Gasteiger partial charge in [0.05, 0.1) is 6.10 Å². The van der Waals surface area contributed by atoms with Crippen LogP contribution in [0.1, 0.15) is 50.0 Å². The molecule has 6 heteroatoms. The number of rotatable bonds is 10. The lowest BCUT2D eigenvalue weighted by atomic mass is 10.1. The Labute approximate surface area is 160 Å². The van der Waals surface area contributed by atoms with Crippen LogP contribution < -0.4 is 0 Å². The number of benzene rings is 1. The van der Waals surface area contributed by atoms with Gasteiger partial charge in [0.25, 0.3) is 0 Å². The monoisotopic (exact) mass is 371 g/mol. The summed E-state index contributed by atoms with van der Waals surface area (Å²) in [6.07, 6.45) is 5.93. The average molecular weight is 371 g/mol. The summed E-state index contributed by atoms with van der Waals surface area (Å²) in [6, 6.07) is 10.4. The Morgan fingerprint density at radius 3 is 2.63 bits per heavy atom. The van der Waals surface area contributed by atoms with Gasteiger partial charge in [-0.25, -0.2) is 0 Å². The van der Waals surface area contributed by atoms with Crippen LogP contribution in [0.4, 0.5) is 0 Å². The summed E-state index contributed by atoms with van der Waals surface area (Å²) in [6.45, 7) is 4.20. The summed E-state index contributed by atoms with van der Waals surface area (Å²) in [4.78, 5) is 14.3. The smallest absolute Gasteiger partial charge is 0.223 e. The van der Waals surface area contributed by atoms with Gasteiger partial charge in [0.1, 0.15) is 0 Å². The summed E-state index contributed by atoms with van der Waals surface area (Å²) >= 11 is 0. The predicted octanol–water partition coefficient (Wildman–Crippen LogP) is 3.21. The van der Waals surface area contributed by atoms with Crippen molar-refractivity contribution in [3.8, 4) is 0 Å². The zero-order valence-corrected chi connectivity index (χ0v) is 16.1. The lowest BCUT2D eigenvalue weighted by Crippen LogP contribution is -2.37. The van der Waals surface area contributed by atoms with Crippen molar-refractivity contribution in [2.24, 2.45) is 0 Å². The molecule has 1 aliphatic rings. The molecule has 1 atom stereocenters. The number of aryl methyl sites for hydroxylation is 3. The van der Waals surface area contributed by atoms with E-state index in [1.54, 1.807) is 0 Å². The van der Waals surface area contributed by atoms with Gasteiger partial charge in [-0.05, 0) is 38.2 Å². The Morgan fingerprint density at radius 2 is 1.93 bits per heavy atom. The molecule has 0 radical (unpaired) electrons. The second-order valence-corrected chi connectivity index (χ2v) is 7.00. The number of amides is 1. The van der Waals surface area contributed by atoms with Crippen molar-refractivity contribution in [2.45, 2.75) is 58.0 Å². The van der Waals surface area contributed by atoms with E-state index in [4.69, 9.17) is 9.15 Å². The zero-order valence-electron chi connectivity index (χ0n) is 16.1. The van der Waals surface area contributed by atoms with E-state index in [-0.39, 0.29) is 12.0 Å². The molecule has 1 amide bonds. The number of nitrogens with zero attached hydrogens (tertiary/aromatic N) is 3. The van der Waals surface area contributed by atoms with E-state index in [9.17, 15) is 4.79 Å². The van der Waals surface area contributed by atoms with E-state index in [2.05, 4.69) is 34.5 Å². The fourth-order valence-electron chi connectivity index (χ4n) is 3.39. The van der Waals surface area contributed by atoms with Gasteiger partial charge in [-0.1, -0.05) is 30.3 Å². The minimum absolute atomic E-state index is 0.122. The quantitative estimate of drug-likeness (QED) is 0.641. The molecular formula is C21H29N3O3. The molecule has 0 N–H and O–H groups in total. The van der Waals surface area contributed by atoms with Gasteiger partial charge in [0.15, 0.2) is 0 Å². The van der Waals surface area contributed by atoms with Gasteiger partial charge in [-0.15, -0.1) is 10.2 Å². The van der Waals surface area contributed by atoms with Crippen LogP contribution in [-0.2, 0) is 28.8 Å². The number of carbonyl (C=O) groups excluding carboxylic acids is 1. The summed E-state index contributed by atoms with van der Waals surface area (Å²) in [7, 11) is 0. The fourth-order valence-corrected chi connectivity index (χ4v) is 3.39. The third-order valence-electron chi connectivity index (χ3n) is 4.94. The number of hydrogen-bond acceptors (Lipinski definition) is 5. The van der Waals surface area contributed by atoms with Crippen molar-refractivity contribution in [3.05, 3.63) is 47.7 Å². The van der Waals surface area contributed by atoms with Crippen LogP contribution in [0.25, 0.3) is 0 Å². The molecule has 1 aromatic carbocycles. The predicted molar refractivity (Wildman–Crippen MR) is 102 cm³/mol. The van der Waals surface area contributed by atoms with Crippen molar-refractivity contribution >= 4 is 5.91 Å². The third kappa shape index (κ3) is 6.17. The molecule has 0 bridgehead atoms. The first-order valence-corrected chi connectivity index (χ1v) is 9.99. The average Bonchev–Trinajstić information content (AvgIpc) is 3.37. The van der Waals surface area contributed by atoms with Crippen LogP contribution in [0.5, 0.6) is 0 Å². The molecule has 6 nitrogen and oxygen atoms in total. The molecule has 3 rings (SSSR count). The van der Waals surface area contributed by atoms with Crippen LogP contribution >= 0.6 is 0 Å². The van der Waals surface area contributed by atoms with Gasteiger partial charge in [0.2, 0.25) is 17.7 Å². The lowest BCUT2D eigenvalue weighted by molar-refractivity contribution is -0.132. The van der Waals surface area contributed by atoms with E-state index in [0.717, 1.165) is 38.7 Å². The van der Waals surface area contributed by atoms with Crippen molar-refractivity contribution < 1.29 is 13.9 Å². The summed E-state index contributed by atoms with van der Waals surface area (Å²) < 4.78 is 11.3. The molecule has 1 saturated heterocycles. The molecule has 0 unspecified atom stereocenters. The van der Waals surface area contributed by atoms with Crippen LogP contribution in [0.2, 0.25) is 0 Å². The molecule has 1 aromatic heterocycles. The first kappa shape index (κ1) is 19.5. The molecule has 146 valence electrons. The second kappa shape index (κ2) is 10.2. The number of aromatic nitrogens is 2. The first-order valence-electron chi connectivity index (χ1n) is 9.99. The number of hydrogen-bond donors (Lipinski definition) is 0. The molecular weight excluding hydrogens is 342 g/mol. The normalized spacial score (nSPS) is 16.6. The summed E-state index contributed by atoms with van der Waals surface area (Å²) in [5, 5.41) is 8.20. The number of carbonyl (C=O) groups is 1. The highest BCUT2D eigenvalue weighted by atomic mass is 16.5. The van der Waals surface area contributed by atoms with Gasteiger partial charge in [0, 0.05) is 39.0 Å². The summed E-state index contributed by atoms with van der Waals surface area (Å²) in [5.41, 5.74) is 1.31. The molecule has 0 saturated carbocycles. The van der Waals surface area contributed by atoms with Gasteiger partial charge in [-0.2, -0.15) is 0 Å². The Kier molecular flexibility index (Phi) is 7.39. The topological polar surface area (TPSA) is 68.5 Å². The van der Waals surface area contributed by atoms with E-state index in [1.165, 1.54) is 5.56 Å². The zero-order chi connectivity index (χ0) is 18.9. The van der Waals surface area contributed by atoms with E-state index >= 15 is 0 Å². The third-order valence-corrected chi connectivity index (χ3v) is 4.94. The minimum atomic E-state index is 0.122. The fraction of sp³-hybridized carbons (Fsp3) is 0.571. The van der Waals surface area contributed by atoms with Crippen molar-refractivity contribution in [2.75, 3.05) is 19.7 Å². The molecule has 0 aliphatic carbocycles. The van der Waals surface area contributed by atoms with Gasteiger partial charge in [-0.3, -0.25) is 4.79 Å². The van der Waals surface area contributed by atoms with Gasteiger partial charge >= 0.3 is 0 Å². The van der Waals surface area contributed by atoms with Crippen LogP contribution in [0, 0.1) is 0 Å². The maximum absolute atomic E-state index is 12.5. The lowest BCUT2D eigenvalue weighted by Gasteiger charge is -2.23. The van der Waals surface area contributed by atoms with Crippen LogP contribution in [0.15, 0.2) is 34.7 Å². The van der Waals surface area contributed by atoms with Crippen molar-refractivity contribution in [1.29, 1.82) is 0 Å². The van der Waals surface area contributed by atoms with Crippen LogP contribution in [-0.4, -0.2) is 46.8 Å². The van der Waals surface area contributed by atoms with Crippen molar-refractivity contribution in [3.63, 3.8) is 0 Å². The second-order valence-electron chi connectivity index (χ2n) is 7.00. The molecule has 2 aromatic rings. The maximum Gasteiger partial charge on any atom is 0.223 e. The molecule has 27 heavy (non-hydrogen) atoms. The van der Waals surface area contributed by atoms with Crippen LogP contribution in [0.3, 0.4) is 0 Å². The molecule has 2 heterocycles. The van der Waals surface area contributed by atoms with E-state index in [1.807, 2.05) is 17.9 Å². The standard InChI is InChI=1S/C21H29N3O3/c1-2-24(16-18-11-7-15-26-18)21(25)14-13-20-23-22-19(27-20)12-6-10-17-8-4-3-5-9-17/h3-5,8-9,18H,2,6-7,10-16H2,1H3/t18-/m1/s1. The summed E-state index contributed by atoms with van der Waals surface area (Å²) in [5.74, 6) is 1.32. The molecule has 1 fully saturated rings. The van der Waals surface area contributed by atoms with E-state index < -0.39 is 0 Å². The Hall–Kier alpha value is -2.21. The highest BCUT2D eigenvalue weighted by Gasteiger charge is 2.21. The van der Waals surface area contributed by atoms with Crippen molar-refractivity contribution in [1.82, 2.24) is 15.1 Å². The highest BCUT2D eigenvalue weighted by molar-refractivity contribution is 5.76. The molecule has 0 spiro atoms. The highest BCUT2D eigenvalue weighted by Crippen LogP contribution is 2.14. The Balaban J connectivity index is 1.39. The Bertz CT molecular complexity index is 696. The Morgan fingerprint density at radius 1 is 1.15 bits per heavy atom. The number of ether oxygens (including phenoxy) is 1. The maximum atomic E-state index is 12.5. The van der Waals surface area contributed by atoms with Gasteiger partial charge < -0.3 is 14.1 Å². The van der Waals surface area contributed by atoms with E-state index in [0.29, 0.717) is 37.7 Å². The number of likely N-dealkylation sites (N-methyl/N-ethyl adjacent to an activating group) is 1. The SMILES string of the molecule is CCN(C[C@H]1CCCO1)C(=O)CCc1nnc(CCCc2ccccc2)o1. The molecule has 1 aliphatic heterocycles. The largest absolute Gasteiger partial charge is 0.425 e. The first-order chi connectivity index (χ1) is 13.2. The minimum Gasteiger partial charge on any atom is -0.425 e.